The van der Waals surface area contributed by atoms with Crippen molar-refractivity contribution in [1.82, 2.24) is 15.1 Å². The lowest BCUT2D eigenvalue weighted by Crippen LogP contribution is -2.52. The number of carbonyl (C=O) groups is 1. The van der Waals surface area contributed by atoms with Crippen molar-refractivity contribution in [3.05, 3.63) is 0 Å². The Bertz CT molecular complexity index is 253. The summed E-state index contributed by atoms with van der Waals surface area (Å²) in [5.74, 6) is 0.305. The van der Waals surface area contributed by atoms with Gasteiger partial charge in [-0.3, -0.25) is 4.79 Å². The molecule has 0 aromatic heterocycles. The van der Waals surface area contributed by atoms with Crippen molar-refractivity contribution >= 4 is 5.91 Å². The van der Waals surface area contributed by atoms with E-state index in [1.54, 1.807) is 0 Å². The summed E-state index contributed by atoms with van der Waals surface area (Å²) in [6, 6.07) is 0.431. The number of hydrogen-bond acceptors (Lipinski definition) is 3. The third kappa shape index (κ3) is 5.36. The van der Waals surface area contributed by atoms with Crippen LogP contribution >= 0.6 is 0 Å². The second-order valence-electron chi connectivity index (χ2n) is 5.85. The minimum Gasteiger partial charge on any atom is -0.341 e. The van der Waals surface area contributed by atoms with E-state index in [1.807, 2.05) is 4.90 Å². The number of rotatable bonds is 7. The van der Waals surface area contributed by atoms with Crippen LogP contribution in [-0.2, 0) is 4.79 Å². The largest absolute Gasteiger partial charge is 0.341 e. The third-order valence-electron chi connectivity index (χ3n) is 3.35. The van der Waals surface area contributed by atoms with E-state index in [-0.39, 0.29) is 6.04 Å². The second-order valence-corrected chi connectivity index (χ2v) is 5.85. The topological polar surface area (TPSA) is 35.6 Å². The van der Waals surface area contributed by atoms with Gasteiger partial charge in [0.25, 0.3) is 0 Å². The third-order valence-corrected chi connectivity index (χ3v) is 3.35. The monoisotopic (exact) mass is 255 g/mol. The zero-order valence-corrected chi connectivity index (χ0v) is 12.4. The van der Waals surface area contributed by atoms with Gasteiger partial charge in [0, 0.05) is 19.1 Å². The molecular weight excluding hydrogens is 226 g/mol. The lowest BCUT2D eigenvalue weighted by Gasteiger charge is -2.33. The minimum atomic E-state index is 0.0487. The SMILES string of the molecule is CC(C)NC1CCCN(CCCCN(C)C)C1=O. The van der Waals surface area contributed by atoms with Crippen LogP contribution in [0.4, 0.5) is 0 Å². The van der Waals surface area contributed by atoms with Crippen LogP contribution in [0.3, 0.4) is 0 Å². The Morgan fingerprint density at radius 1 is 1.39 bits per heavy atom. The van der Waals surface area contributed by atoms with E-state index in [0.29, 0.717) is 11.9 Å². The Kier molecular flexibility index (Phi) is 6.65. The molecule has 0 aliphatic carbocycles. The molecule has 18 heavy (non-hydrogen) atoms. The molecule has 1 aliphatic heterocycles. The van der Waals surface area contributed by atoms with Gasteiger partial charge in [-0.2, -0.15) is 0 Å². The number of hydrogen-bond donors (Lipinski definition) is 1. The first-order chi connectivity index (χ1) is 8.50. The molecule has 1 aliphatic rings. The van der Waals surface area contributed by atoms with Crippen LogP contribution in [-0.4, -0.2) is 61.5 Å². The van der Waals surface area contributed by atoms with Crippen molar-refractivity contribution in [2.24, 2.45) is 0 Å². The predicted octanol–water partition coefficient (Wildman–Crippen LogP) is 1.32. The molecule has 4 heteroatoms. The van der Waals surface area contributed by atoms with Gasteiger partial charge in [0.1, 0.15) is 0 Å². The van der Waals surface area contributed by atoms with Gasteiger partial charge in [0.05, 0.1) is 6.04 Å². The Balaban J connectivity index is 2.30. The van der Waals surface area contributed by atoms with Crippen LogP contribution in [0.5, 0.6) is 0 Å². The minimum absolute atomic E-state index is 0.0487. The number of unbranched alkanes of at least 4 members (excludes halogenated alkanes) is 1. The zero-order valence-electron chi connectivity index (χ0n) is 12.4. The van der Waals surface area contributed by atoms with Crippen molar-refractivity contribution < 1.29 is 4.79 Å². The van der Waals surface area contributed by atoms with E-state index < -0.39 is 0 Å². The zero-order chi connectivity index (χ0) is 13.5. The normalized spacial score (nSPS) is 21.1. The quantitative estimate of drug-likeness (QED) is 0.697. The molecule has 0 spiro atoms. The molecule has 1 N–H and O–H groups in total. The van der Waals surface area contributed by atoms with Gasteiger partial charge in [-0.25, -0.2) is 0 Å². The second kappa shape index (κ2) is 7.74. The van der Waals surface area contributed by atoms with Crippen molar-refractivity contribution in [1.29, 1.82) is 0 Å². The Morgan fingerprint density at radius 3 is 2.72 bits per heavy atom. The van der Waals surface area contributed by atoms with E-state index in [2.05, 4.69) is 38.2 Å². The van der Waals surface area contributed by atoms with Crippen LogP contribution < -0.4 is 5.32 Å². The van der Waals surface area contributed by atoms with Crippen molar-refractivity contribution in [2.45, 2.75) is 51.6 Å². The molecule has 4 nitrogen and oxygen atoms in total. The van der Waals surface area contributed by atoms with Gasteiger partial charge >= 0.3 is 0 Å². The molecule has 1 rings (SSSR count). The van der Waals surface area contributed by atoms with Crippen LogP contribution in [0.2, 0.25) is 0 Å². The maximum Gasteiger partial charge on any atom is 0.239 e. The number of likely N-dealkylation sites (tertiary alicyclic amines) is 1. The molecule has 0 aromatic carbocycles. The Hall–Kier alpha value is -0.610. The Morgan fingerprint density at radius 2 is 2.11 bits per heavy atom. The highest BCUT2D eigenvalue weighted by molar-refractivity contribution is 5.82. The number of nitrogens with one attached hydrogen (secondary N) is 1. The number of nitrogens with zero attached hydrogens (tertiary/aromatic N) is 2. The van der Waals surface area contributed by atoms with Gasteiger partial charge < -0.3 is 15.1 Å². The smallest absolute Gasteiger partial charge is 0.239 e. The van der Waals surface area contributed by atoms with E-state index in [4.69, 9.17) is 0 Å². The number of carbonyl (C=O) groups excluding carboxylic acids is 1. The molecule has 106 valence electrons. The maximum atomic E-state index is 12.2. The molecule has 1 unspecified atom stereocenters. The van der Waals surface area contributed by atoms with E-state index in [9.17, 15) is 4.79 Å². The molecule has 1 atom stereocenters. The van der Waals surface area contributed by atoms with Crippen molar-refractivity contribution in [3.8, 4) is 0 Å². The first kappa shape index (κ1) is 15.4. The summed E-state index contributed by atoms with van der Waals surface area (Å²) in [6.45, 7) is 7.17. The van der Waals surface area contributed by atoms with Gasteiger partial charge in [-0.05, 0) is 46.3 Å². The number of piperidine rings is 1. The van der Waals surface area contributed by atoms with Crippen LogP contribution in [0.25, 0.3) is 0 Å². The average Bonchev–Trinajstić information content (AvgIpc) is 2.28. The first-order valence-electron chi connectivity index (χ1n) is 7.20. The fourth-order valence-corrected chi connectivity index (χ4v) is 2.45. The molecular formula is C14H29N3O. The summed E-state index contributed by atoms with van der Waals surface area (Å²) in [6.07, 6.45) is 4.40. The standard InChI is InChI=1S/C14H29N3O/c1-12(2)15-13-8-7-11-17(14(13)18)10-6-5-9-16(3)4/h12-13,15H,5-11H2,1-4H3. The Labute approximate surface area is 112 Å². The summed E-state index contributed by atoms with van der Waals surface area (Å²) in [5, 5.41) is 3.37. The predicted molar refractivity (Wildman–Crippen MR) is 75.7 cm³/mol. The highest BCUT2D eigenvalue weighted by Gasteiger charge is 2.28. The highest BCUT2D eigenvalue weighted by atomic mass is 16.2. The molecule has 0 bridgehead atoms. The van der Waals surface area contributed by atoms with Gasteiger partial charge in [-0.1, -0.05) is 13.8 Å². The molecule has 1 amide bonds. The molecule has 0 saturated carbocycles. The lowest BCUT2D eigenvalue weighted by atomic mass is 10.0. The van der Waals surface area contributed by atoms with E-state index >= 15 is 0 Å². The molecule has 1 heterocycles. The van der Waals surface area contributed by atoms with Gasteiger partial charge in [0.15, 0.2) is 0 Å². The van der Waals surface area contributed by atoms with Gasteiger partial charge in [0.2, 0.25) is 5.91 Å². The molecule has 1 fully saturated rings. The van der Waals surface area contributed by atoms with E-state index in [1.165, 1.54) is 6.42 Å². The summed E-state index contributed by atoms with van der Waals surface area (Å²) < 4.78 is 0. The summed E-state index contributed by atoms with van der Waals surface area (Å²) in [4.78, 5) is 16.5. The fraction of sp³-hybridized carbons (Fsp3) is 0.929. The number of amides is 1. The van der Waals surface area contributed by atoms with Crippen molar-refractivity contribution in [3.63, 3.8) is 0 Å². The van der Waals surface area contributed by atoms with Crippen LogP contribution in [0, 0.1) is 0 Å². The highest BCUT2D eigenvalue weighted by Crippen LogP contribution is 2.13. The summed E-state index contributed by atoms with van der Waals surface area (Å²) >= 11 is 0. The maximum absolute atomic E-state index is 12.2. The fourth-order valence-electron chi connectivity index (χ4n) is 2.45. The van der Waals surface area contributed by atoms with Gasteiger partial charge in [-0.15, -0.1) is 0 Å². The van der Waals surface area contributed by atoms with Crippen LogP contribution in [0.1, 0.15) is 39.5 Å². The average molecular weight is 255 g/mol. The van der Waals surface area contributed by atoms with E-state index in [0.717, 1.165) is 38.9 Å². The summed E-state index contributed by atoms with van der Waals surface area (Å²) in [7, 11) is 4.18. The first-order valence-corrected chi connectivity index (χ1v) is 7.20. The van der Waals surface area contributed by atoms with Crippen LogP contribution in [0.15, 0.2) is 0 Å². The lowest BCUT2D eigenvalue weighted by molar-refractivity contribution is -0.136. The summed E-state index contributed by atoms with van der Waals surface area (Å²) in [5.41, 5.74) is 0. The molecule has 0 aromatic rings. The van der Waals surface area contributed by atoms with Crippen molar-refractivity contribution in [2.75, 3.05) is 33.7 Å². The molecule has 0 radical (unpaired) electrons. The molecule has 1 saturated heterocycles.